The molecule has 0 aliphatic carbocycles. The molecule has 0 saturated carbocycles. The van der Waals surface area contributed by atoms with Crippen LogP contribution in [0.1, 0.15) is 30.0 Å². The normalized spacial score (nSPS) is 15.0. The number of hydrogen-bond donors (Lipinski definition) is 4. The molecule has 0 saturated heterocycles. The Kier molecular flexibility index (Phi) is 4.12. The van der Waals surface area contributed by atoms with Crippen LogP contribution in [-0.4, -0.2) is 36.3 Å². The summed E-state index contributed by atoms with van der Waals surface area (Å²) in [5.74, 6) is 0. The van der Waals surface area contributed by atoms with Gasteiger partial charge in [-0.05, 0) is 24.6 Å². The number of pyridine rings is 2. The Morgan fingerprint density at radius 1 is 1.26 bits per heavy atom. The average Bonchev–Trinajstić information content (AvgIpc) is 3.03. The quantitative estimate of drug-likeness (QED) is 0.397. The van der Waals surface area contributed by atoms with Crippen LogP contribution in [0.15, 0.2) is 41.2 Å². The second-order valence-electron chi connectivity index (χ2n) is 6.81. The maximum atomic E-state index is 13.0. The molecule has 0 amide bonds. The number of aliphatic hydroxyl groups excluding tert-OH is 2. The zero-order valence-electron chi connectivity index (χ0n) is 14.8. The number of hydrogen-bond acceptors (Lipinski definition) is 6. The minimum absolute atomic E-state index is 0.0153. The number of para-hydroxylation sites is 1. The molecule has 140 valence electrons. The molecule has 1 aliphatic rings. The molecule has 1 aromatic carbocycles. The van der Waals surface area contributed by atoms with Crippen LogP contribution in [-0.2, 0) is 18.8 Å². The van der Waals surface area contributed by atoms with Gasteiger partial charge >= 0.3 is 0 Å². The smallest absolute Gasteiger partial charge is 0.257 e. The molecule has 3 heterocycles. The topological polar surface area (TPSA) is 116 Å². The summed E-state index contributed by atoms with van der Waals surface area (Å²) in [5.41, 5.74) is 0.166. The SMILES string of the molecule is CC[C@](O)(c1cc2n(c(=O)c1CO)Cc1cc3ccccc3nc1-2)C(O)O. The predicted molar refractivity (Wildman–Crippen MR) is 98.9 cm³/mol. The summed E-state index contributed by atoms with van der Waals surface area (Å²) >= 11 is 0. The lowest BCUT2D eigenvalue weighted by Crippen LogP contribution is -2.42. The Balaban J connectivity index is 2.02. The van der Waals surface area contributed by atoms with Gasteiger partial charge in [0.1, 0.15) is 5.60 Å². The highest BCUT2D eigenvalue weighted by Crippen LogP contribution is 2.36. The van der Waals surface area contributed by atoms with Crippen molar-refractivity contribution in [1.82, 2.24) is 9.55 Å². The Bertz CT molecular complexity index is 1110. The lowest BCUT2D eigenvalue weighted by molar-refractivity contribution is -0.191. The zero-order valence-corrected chi connectivity index (χ0v) is 14.8. The first-order valence-corrected chi connectivity index (χ1v) is 8.76. The van der Waals surface area contributed by atoms with Gasteiger partial charge < -0.3 is 25.0 Å². The van der Waals surface area contributed by atoms with Gasteiger partial charge in [0.2, 0.25) is 0 Å². The highest BCUT2D eigenvalue weighted by molar-refractivity contribution is 5.84. The highest BCUT2D eigenvalue weighted by Gasteiger charge is 2.39. The second kappa shape index (κ2) is 6.24. The van der Waals surface area contributed by atoms with Gasteiger partial charge in [-0.3, -0.25) is 4.79 Å². The van der Waals surface area contributed by atoms with Crippen molar-refractivity contribution in [1.29, 1.82) is 0 Å². The molecule has 0 fully saturated rings. The van der Waals surface area contributed by atoms with Gasteiger partial charge in [-0.25, -0.2) is 4.98 Å². The first-order chi connectivity index (χ1) is 12.9. The van der Waals surface area contributed by atoms with E-state index in [1.165, 1.54) is 10.6 Å². The fourth-order valence-electron chi connectivity index (χ4n) is 3.77. The van der Waals surface area contributed by atoms with Gasteiger partial charge in [0.15, 0.2) is 6.29 Å². The summed E-state index contributed by atoms with van der Waals surface area (Å²) in [6.45, 7) is 1.27. The molecule has 2 aromatic heterocycles. The van der Waals surface area contributed by atoms with Crippen molar-refractivity contribution in [2.24, 2.45) is 0 Å². The van der Waals surface area contributed by atoms with E-state index in [4.69, 9.17) is 0 Å². The van der Waals surface area contributed by atoms with Crippen LogP contribution in [0.2, 0.25) is 0 Å². The van der Waals surface area contributed by atoms with E-state index < -0.39 is 24.1 Å². The van der Waals surface area contributed by atoms with Crippen molar-refractivity contribution in [3.05, 3.63) is 63.4 Å². The van der Waals surface area contributed by atoms with Crippen LogP contribution < -0.4 is 5.56 Å². The summed E-state index contributed by atoms with van der Waals surface area (Å²) in [4.78, 5) is 17.6. The number of aliphatic hydroxyl groups is 4. The molecule has 7 heteroatoms. The van der Waals surface area contributed by atoms with Gasteiger partial charge in [-0.2, -0.15) is 0 Å². The van der Waals surface area contributed by atoms with E-state index in [1.54, 1.807) is 6.92 Å². The summed E-state index contributed by atoms with van der Waals surface area (Å²) < 4.78 is 1.49. The largest absolute Gasteiger partial charge is 0.391 e. The van der Waals surface area contributed by atoms with Crippen LogP contribution in [0.4, 0.5) is 0 Å². The monoisotopic (exact) mass is 368 g/mol. The van der Waals surface area contributed by atoms with Crippen molar-refractivity contribution in [2.75, 3.05) is 0 Å². The third-order valence-corrected chi connectivity index (χ3v) is 5.36. The third kappa shape index (κ3) is 2.51. The number of nitrogens with zero attached hydrogens (tertiary/aromatic N) is 2. The molecule has 0 unspecified atom stereocenters. The Labute approximate surface area is 154 Å². The fourth-order valence-corrected chi connectivity index (χ4v) is 3.77. The minimum Gasteiger partial charge on any atom is -0.391 e. The zero-order chi connectivity index (χ0) is 19.3. The number of benzene rings is 1. The maximum Gasteiger partial charge on any atom is 0.257 e. The first kappa shape index (κ1) is 17.8. The van der Waals surface area contributed by atoms with Crippen LogP contribution in [0.3, 0.4) is 0 Å². The van der Waals surface area contributed by atoms with Gasteiger partial charge in [0.05, 0.1) is 30.1 Å². The van der Waals surface area contributed by atoms with E-state index in [1.807, 2.05) is 30.3 Å². The molecule has 1 atom stereocenters. The number of fused-ring (bicyclic) bond motifs is 4. The molecule has 7 nitrogen and oxygen atoms in total. The Morgan fingerprint density at radius 3 is 2.67 bits per heavy atom. The fraction of sp³-hybridized carbons (Fsp3) is 0.300. The summed E-state index contributed by atoms with van der Waals surface area (Å²) in [7, 11) is 0. The summed E-state index contributed by atoms with van der Waals surface area (Å²) in [6.07, 6.45) is -2.14. The van der Waals surface area contributed by atoms with Gasteiger partial charge in [0.25, 0.3) is 5.56 Å². The van der Waals surface area contributed by atoms with Gasteiger partial charge in [-0.15, -0.1) is 0 Å². The lowest BCUT2D eigenvalue weighted by Gasteiger charge is -2.31. The van der Waals surface area contributed by atoms with E-state index in [9.17, 15) is 25.2 Å². The van der Waals surface area contributed by atoms with Crippen molar-refractivity contribution in [3.8, 4) is 11.4 Å². The molecule has 0 radical (unpaired) electrons. The van der Waals surface area contributed by atoms with Crippen molar-refractivity contribution in [3.63, 3.8) is 0 Å². The van der Waals surface area contributed by atoms with Gasteiger partial charge in [-0.1, -0.05) is 25.1 Å². The first-order valence-electron chi connectivity index (χ1n) is 8.76. The van der Waals surface area contributed by atoms with Crippen LogP contribution >= 0.6 is 0 Å². The van der Waals surface area contributed by atoms with Crippen LogP contribution in [0.5, 0.6) is 0 Å². The third-order valence-electron chi connectivity index (χ3n) is 5.36. The van der Waals surface area contributed by atoms with Crippen molar-refractivity contribution < 1.29 is 20.4 Å². The summed E-state index contributed by atoms with van der Waals surface area (Å²) in [6, 6.07) is 11.1. The van der Waals surface area contributed by atoms with E-state index >= 15 is 0 Å². The highest BCUT2D eigenvalue weighted by atomic mass is 16.5. The number of aromatic nitrogens is 2. The van der Waals surface area contributed by atoms with Gasteiger partial charge in [0, 0.05) is 22.1 Å². The van der Waals surface area contributed by atoms with E-state index in [2.05, 4.69) is 4.98 Å². The lowest BCUT2D eigenvalue weighted by atomic mass is 9.87. The molecule has 3 aromatic rings. The molecule has 0 spiro atoms. The molecule has 4 rings (SSSR count). The molecule has 4 N–H and O–H groups in total. The minimum atomic E-state index is -2.10. The van der Waals surface area contributed by atoms with E-state index in [0.717, 1.165) is 16.5 Å². The Morgan fingerprint density at radius 2 is 2.00 bits per heavy atom. The predicted octanol–water partition coefficient (Wildman–Crippen LogP) is 0.826. The molecular formula is C20H20N2O5. The molecular weight excluding hydrogens is 348 g/mol. The second-order valence-corrected chi connectivity index (χ2v) is 6.81. The molecule has 0 bridgehead atoms. The molecule has 1 aliphatic heterocycles. The van der Waals surface area contributed by atoms with E-state index in [-0.39, 0.29) is 17.5 Å². The van der Waals surface area contributed by atoms with Crippen molar-refractivity contribution in [2.45, 2.75) is 38.4 Å². The van der Waals surface area contributed by atoms with E-state index in [0.29, 0.717) is 17.9 Å². The maximum absolute atomic E-state index is 13.0. The van der Waals surface area contributed by atoms with Crippen LogP contribution in [0.25, 0.3) is 22.3 Å². The molecule has 27 heavy (non-hydrogen) atoms. The van der Waals surface area contributed by atoms with Crippen LogP contribution in [0, 0.1) is 0 Å². The van der Waals surface area contributed by atoms with Crippen molar-refractivity contribution >= 4 is 10.9 Å². The average molecular weight is 368 g/mol. The Hall–Kier alpha value is -2.58. The standard InChI is InChI=1S/C20H20N2O5/c1-2-20(27,19(25)26)14-8-16-17-12(9-22(16)18(24)13(14)10-23)7-11-5-3-4-6-15(11)21-17/h3-8,19,23,25-27H,2,9-10H2,1H3/t20-/m0/s1. The summed E-state index contributed by atoms with van der Waals surface area (Å²) in [5, 5.41) is 40.9. The number of rotatable bonds is 4.